The highest BCUT2D eigenvalue weighted by molar-refractivity contribution is 6.40. The van der Waals surface area contributed by atoms with Crippen molar-refractivity contribution in [3.63, 3.8) is 0 Å². The highest BCUT2D eigenvalue weighted by atomic mass is 16.5. The van der Waals surface area contributed by atoms with Crippen LogP contribution in [0, 0.1) is 0 Å². The van der Waals surface area contributed by atoms with Crippen LogP contribution >= 0.6 is 0 Å². The molecule has 1 saturated heterocycles. The van der Waals surface area contributed by atoms with Crippen molar-refractivity contribution in [2.45, 2.75) is 25.8 Å². The minimum atomic E-state index is -0.688. The first-order valence-corrected chi connectivity index (χ1v) is 11.4. The molecule has 1 aromatic heterocycles. The molecule has 178 valence electrons. The van der Waals surface area contributed by atoms with E-state index in [1.54, 1.807) is 24.0 Å². The van der Waals surface area contributed by atoms with E-state index in [1.807, 2.05) is 30.3 Å². The first-order chi connectivity index (χ1) is 16.5. The predicted octanol–water partition coefficient (Wildman–Crippen LogP) is 1.42. The number of hydrogen-bond donors (Lipinski definition) is 1. The molecule has 3 heterocycles. The molecule has 10 heteroatoms. The second kappa shape index (κ2) is 10.3. The summed E-state index contributed by atoms with van der Waals surface area (Å²) in [6.07, 6.45) is 2.44. The maximum atomic E-state index is 13.3. The summed E-state index contributed by atoms with van der Waals surface area (Å²) in [4.78, 5) is 45.4. The quantitative estimate of drug-likeness (QED) is 0.642. The number of carbonyl (C=O) groups excluding carboxylic acids is 3. The van der Waals surface area contributed by atoms with Gasteiger partial charge in [-0.15, -0.1) is 0 Å². The second-order valence-corrected chi connectivity index (χ2v) is 8.11. The molecule has 4 rings (SSSR count). The molecule has 0 radical (unpaired) electrons. The number of carbonyl (C=O) groups is 3. The van der Waals surface area contributed by atoms with Crippen molar-refractivity contribution >= 4 is 35.0 Å². The number of aromatic nitrogens is 1. The van der Waals surface area contributed by atoms with Crippen LogP contribution in [0.3, 0.4) is 0 Å². The number of pyridine rings is 1. The van der Waals surface area contributed by atoms with E-state index in [0.717, 1.165) is 18.8 Å². The number of primary amides is 1. The summed E-state index contributed by atoms with van der Waals surface area (Å²) in [6.45, 7) is 4.45. The molecule has 2 aromatic rings. The Morgan fingerprint density at radius 2 is 1.85 bits per heavy atom. The average Bonchev–Trinajstić information content (AvgIpc) is 3.17. The normalized spacial score (nSPS) is 18.3. The number of rotatable bonds is 6. The fourth-order valence-corrected chi connectivity index (χ4v) is 4.12. The minimum absolute atomic E-state index is 0.181. The average molecular weight is 465 g/mol. The first-order valence-electron chi connectivity index (χ1n) is 11.4. The Labute approximate surface area is 198 Å². The van der Waals surface area contributed by atoms with Crippen LogP contribution in [0.4, 0.5) is 11.5 Å². The number of esters is 1. The molecule has 0 saturated carbocycles. The van der Waals surface area contributed by atoms with Gasteiger partial charge in [-0.1, -0.05) is 18.2 Å². The van der Waals surface area contributed by atoms with Crippen molar-refractivity contribution < 1.29 is 19.1 Å². The highest BCUT2D eigenvalue weighted by Gasteiger charge is 2.36. The van der Waals surface area contributed by atoms with Gasteiger partial charge in [-0.05, 0) is 37.6 Å². The summed E-state index contributed by atoms with van der Waals surface area (Å²) in [6, 6.07) is 12.0. The lowest BCUT2D eigenvalue weighted by Gasteiger charge is -2.22. The molecule has 0 bridgehead atoms. The number of hydrazone groups is 1. The Morgan fingerprint density at radius 1 is 1.06 bits per heavy atom. The van der Waals surface area contributed by atoms with Crippen LogP contribution in [0.2, 0.25) is 0 Å². The van der Waals surface area contributed by atoms with Gasteiger partial charge in [0.1, 0.15) is 17.6 Å². The molecule has 0 spiro atoms. The molecule has 1 fully saturated rings. The van der Waals surface area contributed by atoms with E-state index >= 15 is 0 Å². The van der Waals surface area contributed by atoms with Crippen LogP contribution < -0.4 is 15.6 Å². The maximum Gasteiger partial charge on any atom is 0.339 e. The Bertz CT molecular complexity index is 1070. The Balaban J connectivity index is 1.42. The van der Waals surface area contributed by atoms with Crippen LogP contribution in [0.15, 0.2) is 53.8 Å². The van der Waals surface area contributed by atoms with Crippen molar-refractivity contribution in [3.8, 4) is 0 Å². The third-order valence-corrected chi connectivity index (χ3v) is 5.87. The van der Waals surface area contributed by atoms with Gasteiger partial charge in [0.15, 0.2) is 0 Å². The summed E-state index contributed by atoms with van der Waals surface area (Å²) in [5, 5.41) is 6.01. The van der Waals surface area contributed by atoms with Gasteiger partial charge in [0.2, 0.25) is 5.91 Å². The first kappa shape index (κ1) is 23.2. The van der Waals surface area contributed by atoms with Gasteiger partial charge in [-0.3, -0.25) is 14.6 Å². The van der Waals surface area contributed by atoms with Gasteiger partial charge in [-0.2, -0.15) is 5.10 Å². The van der Waals surface area contributed by atoms with Gasteiger partial charge in [0.25, 0.3) is 5.91 Å². The number of anilines is 2. The summed E-state index contributed by atoms with van der Waals surface area (Å²) >= 11 is 0. The molecule has 10 nitrogen and oxygen atoms in total. The third kappa shape index (κ3) is 5.00. The van der Waals surface area contributed by atoms with E-state index in [2.05, 4.69) is 15.0 Å². The van der Waals surface area contributed by atoms with Crippen LogP contribution in [-0.2, 0) is 14.3 Å². The number of para-hydroxylation sites is 1. The lowest BCUT2D eigenvalue weighted by Crippen LogP contribution is -2.41. The summed E-state index contributed by atoms with van der Waals surface area (Å²) in [7, 11) is 0. The molecular weight excluding hydrogens is 436 g/mol. The smallest absolute Gasteiger partial charge is 0.339 e. The van der Waals surface area contributed by atoms with Gasteiger partial charge in [0.05, 0.1) is 17.9 Å². The van der Waals surface area contributed by atoms with E-state index in [4.69, 9.17) is 10.5 Å². The third-order valence-electron chi connectivity index (χ3n) is 5.87. The maximum absolute atomic E-state index is 13.3. The molecule has 34 heavy (non-hydrogen) atoms. The van der Waals surface area contributed by atoms with Crippen molar-refractivity contribution in [3.05, 3.63) is 54.2 Å². The number of hydrogen-bond acceptors (Lipinski definition) is 8. The number of nitrogens with two attached hydrogens (primary N) is 1. The molecule has 1 atom stereocenters. The van der Waals surface area contributed by atoms with Gasteiger partial charge >= 0.3 is 5.97 Å². The number of ether oxygens (including phenoxy) is 1. The van der Waals surface area contributed by atoms with Crippen molar-refractivity contribution in [1.82, 2.24) is 9.88 Å². The highest BCUT2D eigenvalue weighted by Crippen LogP contribution is 2.25. The topological polar surface area (TPSA) is 121 Å². The predicted molar refractivity (Wildman–Crippen MR) is 128 cm³/mol. The Hall–Kier alpha value is -3.95. The molecule has 0 aliphatic carbocycles. The number of amides is 2. The molecule has 2 amide bonds. The van der Waals surface area contributed by atoms with E-state index in [0.29, 0.717) is 43.2 Å². The largest absolute Gasteiger partial charge is 0.462 e. The van der Waals surface area contributed by atoms with Crippen LogP contribution in [0.1, 0.15) is 30.1 Å². The van der Waals surface area contributed by atoms with Crippen molar-refractivity contribution in [1.29, 1.82) is 0 Å². The van der Waals surface area contributed by atoms with Crippen LogP contribution in [-0.4, -0.2) is 72.2 Å². The standard InChI is InChI=1S/C24H28N6O4/c1-2-34-24(33)17-9-10-21(26-16-17)28-11-6-12-29(14-13-28)23(32)19-15-20(22(25)31)30(27-19)18-7-4-3-5-8-18/h3-5,7-10,16,20H,2,6,11-15H2,1H3,(H2,25,31). The molecule has 1 unspecified atom stereocenters. The van der Waals surface area contributed by atoms with Crippen LogP contribution in [0.25, 0.3) is 0 Å². The van der Waals surface area contributed by atoms with Crippen molar-refractivity contribution in [2.75, 3.05) is 42.7 Å². The molecule has 2 aliphatic rings. The van der Waals surface area contributed by atoms with Gasteiger partial charge in [0, 0.05) is 38.8 Å². The Morgan fingerprint density at radius 3 is 2.53 bits per heavy atom. The molecule has 1 aromatic carbocycles. The zero-order chi connectivity index (χ0) is 24.1. The summed E-state index contributed by atoms with van der Waals surface area (Å²) in [5.74, 6) is -0.359. The molecule has 2 aliphatic heterocycles. The van der Waals surface area contributed by atoms with E-state index in [-0.39, 0.29) is 12.3 Å². The zero-order valence-corrected chi connectivity index (χ0v) is 19.1. The lowest BCUT2D eigenvalue weighted by molar-refractivity contribution is -0.124. The van der Waals surface area contributed by atoms with E-state index < -0.39 is 17.9 Å². The van der Waals surface area contributed by atoms with Crippen LogP contribution in [0.5, 0.6) is 0 Å². The number of benzene rings is 1. The SMILES string of the molecule is CCOC(=O)c1ccc(N2CCCN(C(=O)C3=NN(c4ccccc4)C(C(N)=O)C3)CC2)nc1. The number of nitrogens with zero attached hydrogens (tertiary/aromatic N) is 5. The lowest BCUT2D eigenvalue weighted by atomic mass is 10.1. The molecule has 2 N–H and O–H groups in total. The van der Waals surface area contributed by atoms with Gasteiger partial charge in [-0.25, -0.2) is 9.78 Å². The zero-order valence-electron chi connectivity index (χ0n) is 19.1. The minimum Gasteiger partial charge on any atom is -0.462 e. The molecular formula is C24H28N6O4. The fourth-order valence-electron chi connectivity index (χ4n) is 4.12. The van der Waals surface area contributed by atoms with E-state index in [1.165, 1.54) is 11.2 Å². The summed E-state index contributed by atoms with van der Waals surface area (Å²) < 4.78 is 5.00. The monoisotopic (exact) mass is 464 g/mol. The van der Waals surface area contributed by atoms with E-state index in [9.17, 15) is 14.4 Å². The fraction of sp³-hybridized carbons (Fsp3) is 0.375. The second-order valence-electron chi connectivity index (χ2n) is 8.11. The van der Waals surface area contributed by atoms with Crippen molar-refractivity contribution in [2.24, 2.45) is 10.8 Å². The van der Waals surface area contributed by atoms with Gasteiger partial charge < -0.3 is 20.3 Å². The summed E-state index contributed by atoms with van der Waals surface area (Å²) in [5.41, 5.74) is 7.05. The Kier molecular flexibility index (Phi) is 7.05.